The van der Waals surface area contributed by atoms with E-state index in [1.165, 1.54) is 6.08 Å². The van der Waals surface area contributed by atoms with Gasteiger partial charge in [0, 0.05) is 0 Å². The van der Waals surface area contributed by atoms with Crippen LogP contribution >= 0.6 is 0 Å². The van der Waals surface area contributed by atoms with E-state index in [2.05, 4.69) is 4.74 Å². The Morgan fingerprint density at radius 3 is 2.92 bits per heavy atom. The standard InChI is InChI=1S/C8H10O4/c1-12-7(10)8(11)5-3-2-4-6(8)9/h2,4,11H,3,5H2,1H3/t8-/m0/s1. The van der Waals surface area contributed by atoms with Crippen LogP contribution in [0.2, 0.25) is 0 Å². The van der Waals surface area contributed by atoms with Crippen molar-refractivity contribution < 1.29 is 19.4 Å². The zero-order valence-electron chi connectivity index (χ0n) is 6.74. The first-order chi connectivity index (χ1) is 5.61. The molecule has 0 unspecified atom stereocenters. The average Bonchev–Trinajstić information content (AvgIpc) is 2.09. The van der Waals surface area contributed by atoms with E-state index in [1.54, 1.807) is 6.08 Å². The van der Waals surface area contributed by atoms with Crippen LogP contribution in [0.4, 0.5) is 0 Å². The third-order valence-corrected chi connectivity index (χ3v) is 1.87. The minimum atomic E-state index is -1.94. The molecular weight excluding hydrogens is 160 g/mol. The van der Waals surface area contributed by atoms with Crippen molar-refractivity contribution in [2.24, 2.45) is 0 Å². The average molecular weight is 170 g/mol. The van der Waals surface area contributed by atoms with Gasteiger partial charge in [-0.3, -0.25) is 4.79 Å². The van der Waals surface area contributed by atoms with Gasteiger partial charge in [-0.2, -0.15) is 0 Å². The number of hydrogen-bond acceptors (Lipinski definition) is 4. The number of esters is 1. The van der Waals surface area contributed by atoms with Crippen molar-refractivity contribution in [3.63, 3.8) is 0 Å². The van der Waals surface area contributed by atoms with Crippen LogP contribution < -0.4 is 0 Å². The second kappa shape index (κ2) is 3.06. The van der Waals surface area contributed by atoms with Gasteiger partial charge in [0.1, 0.15) is 0 Å². The number of allylic oxidation sites excluding steroid dienone is 1. The molecule has 0 saturated carbocycles. The number of methoxy groups -OCH3 is 1. The molecule has 1 aliphatic carbocycles. The maximum atomic E-state index is 11.1. The molecule has 0 saturated heterocycles. The molecule has 0 heterocycles. The summed E-state index contributed by atoms with van der Waals surface area (Å²) >= 11 is 0. The first-order valence-electron chi connectivity index (χ1n) is 3.63. The molecular formula is C8H10O4. The number of ether oxygens (including phenoxy) is 1. The summed E-state index contributed by atoms with van der Waals surface area (Å²) < 4.78 is 4.32. The van der Waals surface area contributed by atoms with E-state index in [0.717, 1.165) is 7.11 Å². The fourth-order valence-corrected chi connectivity index (χ4v) is 1.12. The molecule has 4 nitrogen and oxygen atoms in total. The van der Waals surface area contributed by atoms with Gasteiger partial charge in [0.2, 0.25) is 5.60 Å². The lowest BCUT2D eigenvalue weighted by Crippen LogP contribution is -2.47. The van der Waals surface area contributed by atoms with Gasteiger partial charge in [-0.25, -0.2) is 4.79 Å². The molecule has 66 valence electrons. The summed E-state index contributed by atoms with van der Waals surface area (Å²) in [5, 5.41) is 9.53. The van der Waals surface area contributed by atoms with E-state index < -0.39 is 17.4 Å². The van der Waals surface area contributed by atoms with Crippen LogP contribution in [-0.2, 0) is 14.3 Å². The van der Waals surface area contributed by atoms with Crippen LogP contribution in [0.1, 0.15) is 12.8 Å². The van der Waals surface area contributed by atoms with E-state index in [9.17, 15) is 14.7 Å². The summed E-state index contributed by atoms with van der Waals surface area (Å²) in [7, 11) is 1.14. The normalized spacial score (nSPS) is 28.7. The lowest BCUT2D eigenvalue weighted by atomic mass is 9.88. The van der Waals surface area contributed by atoms with Gasteiger partial charge in [0.25, 0.3) is 0 Å². The SMILES string of the molecule is COC(=O)[C@]1(O)CCC=CC1=O. The van der Waals surface area contributed by atoms with Gasteiger partial charge in [0.05, 0.1) is 7.11 Å². The molecule has 0 fully saturated rings. The topological polar surface area (TPSA) is 63.6 Å². The minimum absolute atomic E-state index is 0.106. The Hall–Kier alpha value is -1.16. The highest BCUT2D eigenvalue weighted by molar-refractivity contribution is 6.12. The Kier molecular flexibility index (Phi) is 2.28. The van der Waals surface area contributed by atoms with Gasteiger partial charge >= 0.3 is 5.97 Å². The van der Waals surface area contributed by atoms with Crippen molar-refractivity contribution in [1.82, 2.24) is 0 Å². The maximum absolute atomic E-state index is 11.1. The highest BCUT2D eigenvalue weighted by Gasteiger charge is 2.44. The molecule has 12 heavy (non-hydrogen) atoms. The number of rotatable bonds is 1. The van der Waals surface area contributed by atoms with Gasteiger partial charge < -0.3 is 9.84 Å². The molecule has 0 amide bonds. The monoisotopic (exact) mass is 170 g/mol. The second-order valence-corrected chi connectivity index (χ2v) is 2.66. The summed E-state index contributed by atoms with van der Waals surface area (Å²) in [6.45, 7) is 0. The number of aliphatic hydroxyl groups is 1. The van der Waals surface area contributed by atoms with Crippen LogP contribution in [-0.4, -0.2) is 29.6 Å². The largest absolute Gasteiger partial charge is 0.467 e. The van der Waals surface area contributed by atoms with Crippen molar-refractivity contribution in [3.8, 4) is 0 Å². The highest BCUT2D eigenvalue weighted by Crippen LogP contribution is 2.21. The zero-order valence-corrected chi connectivity index (χ0v) is 6.74. The number of hydrogen-bond donors (Lipinski definition) is 1. The minimum Gasteiger partial charge on any atom is -0.467 e. The van der Waals surface area contributed by atoms with Crippen LogP contribution in [0, 0.1) is 0 Å². The predicted octanol–water partition coefficient (Wildman–Crippen LogP) is -0.190. The number of carbonyl (C=O) groups excluding carboxylic acids is 2. The van der Waals surface area contributed by atoms with Crippen LogP contribution in [0.5, 0.6) is 0 Å². The Bertz CT molecular complexity index is 243. The summed E-state index contributed by atoms with van der Waals surface area (Å²) in [5.74, 6) is -1.47. The Balaban J connectivity index is 2.90. The molecule has 1 atom stereocenters. The summed E-state index contributed by atoms with van der Waals surface area (Å²) in [5.41, 5.74) is -1.94. The lowest BCUT2D eigenvalue weighted by Gasteiger charge is -2.23. The van der Waals surface area contributed by atoms with Crippen molar-refractivity contribution in [2.45, 2.75) is 18.4 Å². The first-order valence-corrected chi connectivity index (χ1v) is 3.63. The molecule has 1 aliphatic rings. The molecule has 0 spiro atoms. The molecule has 0 aromatic carbocycles. The molecule has 0 aliphatic heterocycles. The van der Waals surface area contributed by atoms with E-state index in [-0.39, 0.29) is 6.42 Å². The zero-order chi connectivity index (χ0) is 9.19. The van der Waals surface area contributed by atoms with Gasteiger partial charge in [-0.05, 0) is 18.9 Å². The molecule has 0 aromatic heterocycles. The van der Waals surface area contributed by atoms with Crippen LogP contribution in [0.25, 0.3) is 0 Å². The number of carbonyl (C=O) groups is 2. The fraction of sp³-hybridized carbons (Fsp3) is 0.500. The predicted molar refractivity (Wildman–Crippen MR) is 40.3 cm³/mol. The molecule has 0 radical (unpaired) electrons. The quantitative estimate of drug-likeness (QED) is 0.437. The van der Waals surface area contributed by atoms with Crippen molar-refractivity contribution in [1.29, 1.82) is 0 Å². The maximum Gasteiger partial charge on any atom is 0.346 e. The van der Waals surface area contributed by atoms with Gasteiger partial charge in [0.15, 0.2) is 5.78 Å². The van der Waals surface area contributed by atoms with E-state index >= 15 is 0 Å². The Morgan fingerprint density at radius 1 is 1.75 bits per heavy atom. The second-order valence-electron chi connectivity index (χ2n) is 2.66. The van der Waals surface area contributed by atoms with E-state index in [1.807, 2.05) is 0 Å². The Labute approximate surface area is 69.8 Å². The molecule has 4 heteroatoms. The van der Waals surface area contributed by atoms with Gasteiger partial charge in [-0.15, -0.1) is 0 Å². The summed E-state index contributed by atoms with van der Waals surface area (Å²) in [6, 6.07) is 0. The molecule has 1 N–H and O–H groups in total. The van der Waals surface area contributed by atoms with E-state index in [0.29, 0.717) is 6.42 Å². The fourth-order valence-electron chi connectivity index (χ4n) is 1.12. The van der Waals surface area contributed by atoms with Crippen LogP contribution in [0.3, 0.4) is 0 Å². The van der Waals surface area contributed by atoms with Crippen molar-refractivity contribution >= 4 is 11.8 Å². The number of ketones is 1. The smallest absolute Gasteiger partial charge is 0.346 e. The molecule has 0 bridgehead atoms. The first kappa shape index (κ1) is 8.93. The molecule has 1 rings (SSSR count). The third-order valence-electron chi connectivity index (χ3n) is 1.87. The summed E-state index contributed by atoms with van der Waals surface area (Å²) in [6.07, 6.45) is 3.45. The van der Waals surface area contributed by atoms with Crippen LogP contribution in [0.15, 0.2) is 12.2 Å². The Morgan fingerprint density at radius 2 is 2.42 bits per heavy atom. The third kappa shape index (κ3) is 1.25. The summed E-state index contributed by atoms with van der Waals surface area (Å²) in [4.78, 5) is 22.1. The highest BCUT2D eigenvalue weighted by atomic mass is 16.5. The van der Waals surface area contributed by atoms with Gasteiger partial charge in [-0.1, -0.05) is 6.08 Å². The molecule has 0 aromatic rings. The lowest BCUT2D eigenvalue weighted by molar-refractivity contribution is -0.167. The van der Waals surface area contributed by atoms with Crippen molar-refractivity contribution in [3.05, 3.63) is 12.2 Å². The van der Waals surface area contributed by atoms with E-state index in [4.69, 9.17) is 0 Å². The van der Waals surface area contributed by atoms with Crippen molar-refractivity contribution in [2.75, 3.05) is 7.11 Å².